The highest BCUT2D eigenvalue weighted by Gasteiger charge is 2.04. The Morgan fingerprint density at radius 3 is 2.42 bits per heavy atom. The van der Waals surface area contributed by atoms with Crippen LogP contribution in [0, 0.1) is 29.6 Å². The van der Waals surface area contributed by atoms with Gasteiger partial charge in [-0.3, -0.25) is 0 Å². The molecule has 0 aliphatic carbocycles. The number of nitrogen functional groups attached to an aromatic ring is 1. The maximum absolute atomic E-state index is 8.68. The first-order chi connectivity index (χ1) is 5.69. The summed E-state index contributed by atoms with van der Waals surface area (Å²) in [7, 11) is 0. The second kappa shape index (κ2) is 2.94. The Morgan fingerprint density at radius 1 is 1.25 bits per heavy atom. The second-order valence-corrected chi connectivity index (χ2v) is 2.48. The summed E-state index contributed by atoms with van der Waals surface area (Å²) in [6.07, 6.45) is 0. The topological polar surface area (TPSA) is 73.6 Å². The smallest absolute Gasteiger partial charge is 0.101 e. The van der Waals surface area contributed by atoms with Gasteiger partial charge in [0.05, 0.1) is 11.1 Å². The number of nitriles is 2. The molecule has 0 spiro atoms. The monoisotopic (exact) mass is 157 g/mol. The van der Waals surface area contributed by atoms with Crippen LogP contribution in [0.25, 0.3) is 0 Å². The van der Waals surface area contributed by atoms with Crippen molar-refractivity contribution in [2.45, 2.75) is 6.92 Å². The van der Waals surface area contributed by atoms with E-state index in [-0.39, 0.29) is 0 Å². The van der Waals surface area contributed by atoms with Crippen LogP contribution in [0.1, 0.15) is 16.7 Å². The summed E-state index contributed by atoms with van der Waals surface area (Å²) in [5.41, 5.74) is 7.51. The third-order valence-electron chi connectivity index (χ3n) is 1.59. The second-order valence-electron chi connectivity index (χ2n) is 2.48. The molecule has 0 bridgehead atoms. The highest BCUT2D eigenvalue weighted by atomic mass is 14.5. The van der Waals surface area contributed by atoms with Crippen molar-refractivity contribution in [3.8, 4) is 12.1 Å². The molecule has 0 saturated carbocycles. The van der Waals surface area contributed by atoms with E-state index in [1.165, 1.54) is 6.07 Å². The van der Waals surface area contributed by atoms with Crippen LogP contribution < -0.4 is 5.73 Å². The average molecular weight is 157 g/mol. The van der Waals surface area contributed by atoms with Crippen molar-refractivity contribution < 1.29 is 0 Å². The van der Waals surface area contributed by atoms with Gasteiger partial charge in [-0.2, -0.15) is 10.5 Å². The van der Waals surface area contributed by atoms with E-state index in [1.54, 1.807) is 13.0 Å². The molecule has 0 radical (unpaired) electrons. The van der Waals surface area contributed by atoms with E-state index in [0.717, 1.165) is 5.56 Å². The van der Waals surface area contributed by atoms with Gasteiger partial charge in [0, 0.05) is 5.69 Å². The number of anilines is 1. The lowest BCUT2D eigenvalue weighted by Gasteiger charge is -2.00. The largest absolute Gasteiger partial charge is 0.399 e. The van der Waals surface area contributed by atoms with Crippen LogP contribution in [0.4, 0.5) is 5.69 Å². The molecule has 3 nitrogen and oxygen atoms in total. The zero-order chi connectivity index (χ0) is 9.14. The highest BCUT2D eigenvalue weighted by Crippen LogP contribution is 2.16. The molecule has 1 rings (SSSR count). The van der Waals surface area contributed by atoms with E-state index >= 15 is 0 Å². The molecular weight excluding hydrogens is 150 g/mol. The Labute approximate surface area is 70.7 Å². The Kier molecular flexibility index (Phi) is 1.98. The third kappa shape index (κ3) is 1.21. The number of benzene rings is 1. The normalized spacial score (nSPS) is 8.58. The molecule has 0 unspecified atom stereocenters. The van der Waals surface area contributed by atoms with Crippen molar-refractivity contribution >= 4 is 5.69 Å². The van der Waals surface area contributed by atoms with Gasteiger partial charge in [-0.25, -0.2) is 0 Å². The van der Waals surface area contributed by atoms with E-state index in [9.17, 15) is 0 Å². The van der Waals surface area contributed by atoms with E-state index < -0.39 is 0 Å². The molecule has 0 saturated heterocycles. The molecule has 0 aliphatic rings. The molecule has 0 amide bonds. The summed E-state index contributed by atoms with van der Waals surface area (Å²) in [4.78, 5) is 0. The van der Waals surface area contributed by atoms with E-state index in [1.807, 2.05) is 12.1 Å². The van der Waals surface area contributed by atoms with Gasteiger partial charge in [0.1, 0.15) is 12.1 Å². The van der Waals surface area contributed by atoms with Crippen molar-refractivity contribution in [1.29, 1.82) is 10.5 Å². The predicted octanol–water partition coefficient (Wildman–Crippen LogP) is 1.32. The van der Waals surface area contributed by atoms with Gasteiger partial charge in [0.2, 0.25) is 0 Å². The Hall–Kier alpha value is -2.00. The van der Waals surface area contributed by atoms with Gasteiger partial charge >= 0.3 is 0 Å². The van der Waals surface area contributed by atoms with Crippen LogP contribution in [-0.2, 0) is 0 Å². The molecule has 58 valence electrons. The average Bonchev–Trinajstić information content (AvgIpc) is 2.03. The summed E-state index contributed by atoms with van der Waals surface area (Å²) in [5, 5.41) is 17.3. The summed E-state index contributed by atoms with van der Waals surface area (Å²) >= 11 is 0. The molecule has 0 atom stereocenters. The fraction of sp³-hybridized carbons (Fsp3) is 0.111. The van der Waals surface area contributed by atoms with Crippen molar-refractivity contribution in [1.82, 2.24) is 0 Å². The molecule has 1 aromatic rings. The molecule has 0 heterocycles. The molecule has 1 aromatic carbocycles. The van der Waals surface area contributed by atoms with Gasteiger partial charge in [0.15, 0.2) is 0 Å². The maximum atomic E-state index is 8.68. The summed E-state index contributed by atoms with van der Waals surface area (Å²) in [6, 6.07) is 7.08. The van der Waals surface area contributed by atoms with Crippen LogP contribution in [0.5, 0.6) is 0 Å². The van der Waals surface area contributed by atoms with Gasteiger partial charge < -0.3 is 5.73 Å². The van der Waals surface area contributed by atoms with Crippen molar-refractivity contribution in [2.75, 3.05) is 5.73 Å². The van der Waals surface area contributed by atoms with Gasteiger partial charge in [-0.15, -0.1) is 0 Å². The first-order valence-corrected chi connectivity index (χ1v) is 3.39. The quantitative estimate of drug-likeness (QED) is 0.577. The third-order valence-corrected chi connectivity index (χ3v) is 1.59. The molecule has 12 heavy (non-hydrogen) atoms. The highest BCUT2D eigenvalue weighted by molar-refractivity contribution is 5.58. The number of nitrogens with two attached hydrogens (primary N) is 1. The molecule has 0 aromatic heterocycles. The number of aryl methyl sites for hydroxylation is 1. The minimum atomic E-state index is 0.343. The first kappa shape index (κ1) is 8.10. The Bertz CT molecular complexity index is 393. The molecular formula is C9H7N3. The minimum absolute atomic E-state index is 0.343. The minimum Gasteiger partial charge on any atom is -0.399 e. The number of hydrogen-bond donors (Lipinski definition) is 1. The lowest BCUT2D eigenvalue weighted by molar-refractivity contribution is 1.36. The maximum Gasteiger partial charge on any atom is 0.101 e. The van der Waals surface area contributed by atoms with Crippen LogP contribution in [0.2, 0.25) is 0 Å². The summed E-state index contributed by atoms with van der Waals surface area (Å²) in [5.74, 6) is 0. The van der Waals surface area contributed by atoms with Crippen LogP contribution in [0.15, 0.2) is 12.1 Å². The predicted molar refractivity (Wildman–Crippen MR) is 45.0 cm³/mol. The Balaban J connectivity index is 3.50. The molecule has 0 fully saturated rings. The standard InChI is InChI=1S/C9H7N3/c1-6-2-8(12)3-7(4-10)9(6)5-11/h2-3H,12H2,1H3. The van der Waals surface area contributed by atoms with Crippen molar-refractivity contribution in [3.05, 3.63) is 28.8 Å². The van der Waals surface area contributed by atoms with Gasteiger partial charge in [-0.1, -0.05) is 0 Å². The fourth-order valence-corrected chi connectivity index (χ4v) is 1.05. The zero-order valence-corrected chi connectivity index (χ0v) is 6.63. The fourth-order valence-electron chi connectivity index (χ4n) is 1.05. The lowest BCUT2D eigenvalue weighted by atomic mass is 10.0. The van der Waals surface area contributed by atoms with E-state index in [2.05, 4.69) is 0 Å². The summed E-state index contributed by atoms with van der Waals surface area (Å²) in [6.45, 7) is 1.76. The number of rotatable bonds is 0. The van der Waals surface area contributed by atoms with Gasteiger partial charge in [-0.05, 0) is 24.6 Å². The molecule has 3 heteroatoms. The van der Waals surface area contributed by atoms with Crippen molar-refractivity contribution in [2.24, 2.45) is 0 Å². The first-order valence-electron chi connectivity index (χ1n) is 3.39. The Morgan fingerprint density at radius 2 is 1.92 bits per heavy atom. The van der Waals surface area contributed by atoms with Crippen LogP contribution in [-0.4, -0.2) is 0 Å². The molecule has 0 aliphatic heterocycles. The van der Waals surface area contributed by atoms with Crippen LogP contribution in [0.3, 0.4) is 0 Å². The lowest BCUT2D eigenvalue weighted by Crippen LogP contribution is -1.93. The van der Waals surface area contributed by atoms with Crippen LogP contribution >= 0.6 is 0 Å². The van der Waals surface area contributed by atoms with E-state index in [0.29, 0.717) is 16.8 Å². The summed E-state index contributed by atoms with van der Waals surface area (Å²) < 4.78 is 0. The SMILES string of the molecule is Cc1cc(N)cc(C#N)c1C#N. The molecule has 2 N–H and O–H groups in total. The number of hydrogen-bond acceptors (Lipinski definition) is 3. The zero-order valence-electron chi connectivity index (χ0n) is 6.63. The van der Waals surface area contributed by atoms with Crippen molar-refractivity contribution in [3.63, 3.8) is 0 Å². The van der Waals surface area contributed by atoms with Gasteiger partial charge in [0.25, 0.3) is 0 Å². The number of nitrogens with zero attached hydrogens (tertiary/aromatic N) is 2. The van der Waals surface area contributed by atoms with E-state index in [4.69, 9.17) is 16.3 Å².